The van der Waals surface area contributed by atoms with Crippen molar-refractivity contribution in [1.82, 2.24) is 0 Å². The van der Waals surface area contributed by atoms with E-state index in [2.05, 4.69) is 32.9 Å². The van der Waals surface area contributed by atoms with Gasteiger partial charge in [-0.1, -0.05) is 58.6 Å². The number of unbranched alkanes of at least 4 members (excludes halogenated alkanes) is 3. The third-order valence-electron chi connectivity index (χ3n) is 2.20. The van der Waals surface area contributed by atoms with Gasteiger partial charge >= 0.3 is 0 Å². The van der Waals surface area contributed by atoms with Crippen molar-refractivity contribution in [3.8, 4) is 0 Å². The van der Waals surface area contributed by atoms with Crippen molar-refractivity contribution in [3.63, 3.8) is 0 Å². The second-order valence-corrected chi connectivity index (χ2v) is 3.69. The molecule has 1 atom stereocenters. The highest BCUT2D eigenvalue weighted by atomic mass is 14.0. The van der Waals surface area contributed by atoms with Crippen LogP contribution >= 0.6 is 0 Å². The van der Waals surface area contributed by atoms with E-state index in [4.69, 9.17) is 0 Å². The summed E-state index contributed by atoms with van der Waals surface area (Å²) in [6, 6.07) is 0. The van der Waals surface area contributed by atoms with Crippen LogP contribution in [0.4, 0.5) is 0 Å². The van der Waals surface area contributed by atoms with Gasteiger partial charge in [-0.05, 0) is 18.8 Å². The maximum absolute atomic E-state index is 2.38. The molecule has 0 aromatic carbocycles. The smallest absolute Gasteiger partial charge is 0.0262 e. The number of hydrogen-bond acceptors (Lipinski definition) is 0. The monoisotopic (exact) mass is 168 g/mol. The summed E-state index contributed by atoms with van der Waals surface area (Å²) < 4.78 is 0. The normalized spacial score (nSPS) is 13.9. The topological polar surface area (TPSA) is 0 Å². The molecule has 0 radical (unpaired) electrons. The van der Waals surface area contributed by atoms with Crippen LogP contribution in [0.1, 0.15) is 59.3 Å². The SMILES string of the molecule is CCCC/C=C/[C@@H](C)CCCC. The largest absolute Gasteiger partial charge is 0.0883 e. The Hall–Kier alpha value is -0.260. The van der Waals surface area contributed by atoms with Crippen molar-refractivity contribution in [3.05, 3.63) is 12.2 Å². The molecule has 0 amide bonds. The molecule has 0 unspecified atom stereocenters. The first-order valence-electron chi connectivity index (χ1n) is 5.47. The molecule has 0 heteroatoms. The van der Waals surface area contributed by atoms with E-state index in [-0.39, 0.29) is 0 Å². The zero-order valence-electron chi connectivity index (χ0n) is 8.97. The molecule has 0 rings (SSSR count). The lowest BCUT2D eigenvalue weighted by Gasteiger charge is -2.03. The minimum absolute atomic E-state index is 0.793. The maximum Gasteiger partial charge on any atom is -0.0262 e. The summed E-state index contributed by atoms with van der Waals surface area (Å²) in [6.45, 7) is 6.82. The van der Waals surface area contributed by atoms with E-state index < -0.39 is 0 Å². The van der Waals surface area contributed by atoms with Crippen molar-refractivity contribution in [1.29, 1.82) is 0 Å². The molecule has 72 valence electrons. The Labute approximate surface area is 78.1 Å². The quantitative estimate of drug-likeness (QED) is 0.386. The van der Waals surface area contributed by atoms with E-state index in [1.807, 2.05) is 0 Å². The highest BCUT2D eigenvalue weighted by Crippen LogP contribution is 2.09. The summed E-state index contributed by atoms with van der Waals surface area (Å²) in [5, 5.41) is 0. The average Bonchev–Trinajstić information content (AvgIpc) is 2.09. The minimum atomic E-state index is 0.793. The zero-order chi connectivity index (χ0) is 9.23. The standard InChI is InChI=1S/C12H24/c1-4-6-8-9-11-12(3)10-7-5-2/h9,11-12H,4-8,10H2,1-3H3/b11-9+/t12-/m0/s1. The fourth-order valence-corrected chi connectivity index (χ4v) is 1.27. The third kappa shape index (κ3) is 7.84. The third-order valence-corrected chi connectivity index (χ3v) is 2.20. The molecule has 0 aliphatic rings. The second kappa shape index (κ2) is 8.83. The highest BCUT2D eigenvalue weighted by molar-refractivity contribution is 4.85. The fourth-order valence-electron chi connectivity index (χ4n) is 1.27. The van der Waals surface area contributed by atoms with Crippen LogP contribution < -0.4 is 0 Å². The lowest BCUT2D eigenvalue weighted by Crippen LogP contribution is -1.88. The van der Waals surface area contributed by atoms with Gasteiger partial charge in [-0.2, -0.15) is 0 Å². The van der Waals surface area contributed by atoms with Crippen LogP contribution in [0.2, 0.25) is 0 Å². The molecular formula is C12H24. The van der Waals surface area contributed by atoms with Gasteiger partial charge in [0, 0.05) is 0 Å². The summed E-state index contributed by atoms with van der Waals surface area (Å²) in [7, 11) is 0. The number of rotatable bonds is 7. The van der Waals surface area contributed by atoms with Crippen LogP contribution in [0.3, 0.4) is 0 Å². The van der Waals surface area contributed by atoms with E-state index in [1.165, 1.54) is 38.5 Å². The van der Waals surface area contributed by atoms with Gasteiger partial charge < -0.3 is 0 Å². The molecular weight excluding hydrogens is 144 g/mol. The molecule has 0 saturated heterocycles. The Morgan fingerprint density at radius 2 is 1.75 bits per heavy atom. The Balaban J connectivity index is 3.27. The van der Waals surface area contributed by atoms with Gasteiger partial charge in [-0.25, -0.2) is 0 Å². The Kier molecular flexibility index (Phi) is 8.64. The summed E-state index contributed by atoms with van der Waals surface area (Å²) in [5.41, 5.74) is 0. The van der Waals surface area contributed by atoms with Crippen LogP contribution in [0.15, 0.2) is 12.2 Å². The molecule has 0 bridgehead atoms. The zero-order valence-corrected chi connectivity index (χ0v) is 8.97. The Bertz CT molecular complexity index is 103. The van der Waals surface area contributed by atoms with Crippen LogP contribution in [0.5, 0.6) is 0 Å². The summed E-state index contributed by atoms with van der Waals surface area (Å²) in [6.07, 6.45) is 12.7. The average molecular weight is 168 g/mol. The van der Waals surface area contributed by atoms with Crippen LogP contribution in [-0.2, 0) is 0 Å². The lowest BCUT2D eigenvalue weighted by molar-refractivity contribution is 0.596. The molecule has 0 fully saturated rings. The van der Waals surface area contributed by atoms with Crippen molar-refractivity contribution in [2.75, 3.05) is 0 Å². The fraction of sp³-hybridized carbons (Fsp3) is 0.833. The molecule has 0 N–H and O–H groups in total. The molecule has 0 aromatic rings. The van der Waals surface area contributed by atoms with Gasteiger partial charge in [-0.15, -0.1) is 0 Å². The van der Waals surface area contributed by atoms with Crippen molar-refractivity contribution < 1.29 is 0 Å². The van der Waals surface area contributed by atoms with Gasteiger partial charge in [-0.3, -0.25) is 0 Å². The van der Waals surface area contributed by atoms with Crippen molar-refractivity contribution in [2.45, 2.75) is 59.3 Å². The van der Waals surface area contributed by atoms with E-state index in [1.54, 1.807) is 0 Å². The highest BCUT2D eigenvalue weighted by Gasteiger charge is 1.94. The van der Waals surface area contributed by atoms with Gasteiger partial charge in [0.2, 0.25) is 0 Å². The van der Waals surface area contributed by atoms with Gasteiger partial charge in [0.05, 0.1) is 0 Å². The predicted octanol–water partition coefficient (Wildman–Crippen LogP) is 4.56. The first-order valence-corrected chi connectivity index (χ1v) is 5.47. The Morgan fingerprint density at radius 1 is 1.08 bits per heavy atom. The van der Waals surface area contributed by atoms with Crippen molar-refractivity contribution in [2.24, 2.45) is 5.92 Å². The molecule has 12 heavy (non-hydrogen) atoms. The lowest BCUT2D eigenvalue weighted by atomic mass is 10.0. The van der Waals surface area contributed by atoms with Crippen molar-refractivity contribution >= 4 is 0 Å². The molecule has 0 spiro atoms. The van der Waals surface area contributed by atoms with E-state index in [0.717, 1.165) is 5.92 Å². The molecule has 0 aliphatic carbocycles. The van der Waals surface area contributed by atoms with E-state index in [9.17, 15) is 0 Å². The summed E-state index contributed by atoms with van der Waals surface area (Å²) in [4.78, 5) is 0. The van der Waals surface area contributed by atoms with E-state index >= 15 is 0 Å². The number of allylic oxidation sites excluding steroid dienone is 2. The number of hydrogen-bond donors (Lipinski definition) is 0. The summed E-state index contributed by atoms with van der Waals surface area (Å²) in [5.74, 6) is 0.793. The van der Waals surface area contributed by atoms with Gasteiger partial charge in [0.15, 0.2) is 0 Å². The first kappa shape index (κ1) is 11.7. The minimum Gasteiger partial charge on any atom is -0.0883 e. The molecule has 0 saturated carbocycles. The van der Waals surface area contributed by atoms with Gasteiger partial charge in [0.25, 0.3) is 0 Å². The molecule has 0 heterocycles. The summed E-state index contributed by atoms with van der Waals surface area (Å²) >= 11 is 0. The first-order chi connectivity index (χ1) is 5.81. The van der Waals surface area contributed by atoms with Crippen LogP contribution in [0.25, 0.3) is 0 Å². The Morgan fingerprint density at radius 3 is 2.33 bits per heavy atom. The van der Waals surface area contributed by atoms with Gasteiger partial charge in [0.1, 0.15) is 0 Å². The predicted molar refractivity (Wildman–Crippen MR) is 57.4 cm³/mol. The molecule has 0 aromatic heterocycles. The van der Waals surface area contributed by atoms with Crippen LogP contribution in [0, 0.1) is 5.92 Å². The van der Waals surface area contributed by atoms with E-state index in [0.29, 0.717) is 0 Å². The van der Waals surface area contributed by atoms with Crippen LogP contribution in [-0.4, -0.2) is 0 Å². The second-order valence-electron chi connectivity index (χ2n) is 3.69. The molecule has 0 aliphatic heterocycles. The maximum atomic E-state index is 2.38. The molecule has 0 nitrogen and oxygen atoms in total.